The van der Waals surface area contributed by atoms with Crippen molar-refractivity contribution in [1.82, 2.24) is 5.32 Å². The molecule has 1 aromatic rings. The van der Waals surface area contributed by atoms with Gasteiger partial charge in [-0.25, -0.2) is 0 Å². The Hall–Kier alpha value is -1.64. The summed E-state index contributed by atoms with van der Waals surface area (Å²) in [6.45, 7) is 0.202. The van der Waals surface area contributed by atoms with Crippen molar-refractivity contribution in [2.75, 3.05) is 27.0 Å². The molecule has 1 rings (SSSR count). The smallest absolute Gasteiger partial charge is 0.306 e. The predicted molar refractivity (Wildman–Crippen MR) is 72.1 cm³/mol. The zero-order chi connectivity index (χ0) is 15.2. The molecule has 0 saturated carbocycles. The Bertz CT molecular complexity index is 536. The van der Waals surface area contributed by atoms with E-state index in [1.165, 1.54) is 38.5 Å². The van der Waals surface area contributed by atoms with Gasteiger partial charge in [0.2, 0.25) is 0 Å². The molecule has 0 radical (unpaired) electrons. The van der Waals surface area contributed by atoms with E-state index in [1.807, 2.05) is 0 Å². The van der Waals surface area contributed by atoms with Crippen molar-refractivity contribution in [1.29, 1.82) is 0 Å². The number of hydrogen-bond donors (Lipinski definition) is 1. The Morgan fingerprint density at radius 1 is 1.20 bits per heavy atom. The third-order valence-corrected chi connectivity index (χ3v) is 2.81. The summed E-state index contributed by atoms with van der Waals surface area (Å²) in [6.07, 6.45) is 0.426. The quantitative estimate of drug-likeness (QED) is 0.578. The highest BCUT2D eigenvalue weighted by Crippen LogP contribution is 2.13. The summed E-state index contributed by atoms with van der Waals surface area (Å²) in [6, 6.07) is 5.73. The van der Waals surface area contributed by atoms with Crippen LogP contribution in [0.1, 0.15) is 10.4 Å². The van der Waals surface area contributed by atoms with Gasteiger partial charge in [0.05, 0.1) is 12.8 Å². The van der Waals surface area contributed by atoms with E-state index in [0.29, 0.717) is 5.56 Å². The van der Waals surface area contributed by atoms with Gasteiger partial charge in [0, 0.05) is 19.8 Å². The van der Waals surface area contributed by atoms with E-state index in [4.69, 9.17) is 9.47 Å². The van der Waals surface area contributed by atoms with Crippen molar-refractivity contribution in [2.24, 2.45) is 0 Å². The monoisotopic (exact) mass is 303 g/mol. The van der Waals surface area contributed by atoms with Crippen LogP contribution in [0.2, 0.25) is 0 Å². The van der Waals surface area contributed by atoms with E-state index in [-0.39, 0.29) is 18.2 Å². The lowest BCUT2D eigenvalue weighted by Crippen LogP contribution is -2.34. The van der Waals surface area contributed by atoms with Crippen LogP contribution in [0.15, 0.2) is 24.3 Å². The zero-order valence-electron chi connectivity index (χ0n) is 11.5. The number of hydrogen-bond acceptors (Lipinski definition) is 6. The molecule has 0 aliphatic heterocycles. The van der Waals surface area contributed by atoms with Crippen LogP contribution in [0, 0.1) is 0 Å². The molecule has 0 aromatic heterocycles. The van der Waals surface area contributed by atoms with Gasteiger partial charge in [-0.3, -0.25) is 4.79 Å². The molecule has 0 fully saturated rings. The van der Waals surface area contributed by atoms with Crippen molar-refractivity contribution in [3.8, 4) is 5.75 Å². The van der Waals surface area contributed by atoms with Crippen LogP contribution >= 0.6 is 0 Å². The largest absolute Gasteiger partial charge is 0.383 e. The normalized spacial score (nSPS) is 11.4. The van der Waals surface area contributed by atoms with E-state index < -0.39 is 16.4 Å². The molecule has 8 heteroatoms. The van der Waals surface area contributed by atoms with Crippen LogP contribution in [0.5, 0.6) is 5.75 Å². The predicted octanol–water partition coefficient (Wildman–Crippen LogP) is 0.374. The van der Waals surface area contributed by atoms with Crippen LogP contribution in [0.4, 0.5) is 0 Å². The molecule has 0 saturated heterocycles. The Labute approximate surface area is 118 Å². The second kappa shape index (κ2) is 7.22. The highest BCUT2D eigenvalue weighted by molar-refractivity contribution is 7.86. The second-order valence-electron chi connectivity index (χ2n) is 3.92. The molecule has 7 nitrogen and oxygen atoms in total. The highest BCUT2D eigenvalue weighted by Gasteiger charge is 2.10. The van der Waals surface area contributed by atoms with Gasteiger partial charge in [-0.15, -0.1) is 0 Å². The Morgan fingerprint density at radius 3 is 2.20 bits per heavy atom. The Balaban J connectivity index is 2.62. The topological polar surface area (TPSA) is 90.9 Å². The zero-order valence-corrected chi connectivity index (χ0v) is 12.3. The van der Waals surface area contributed by atoms with Gasteiger partial charge < -0.3 is 19.0 Å². The Morgan fingerprint density at radius 2 is 1.75 bits per heavy atom. The first kappa shape index (κ1) is 16.4. The van der Waals surface area contributed by atoms with Crippen molar-refractivity contribution in [3.05, 3.63) is 29.8 Å². The van der Waals surface area contributed by atoms with Gasteiger partial charge in [0.15, 0.2) is 6.29 Å². The average Bonchev–Trinajstić information content (AvgIpc) is 2.38. The molecular weight excluding hydrogens is 286 g/mol. The summed E-state index contributed by atoms with van der Waals surface area (Å²) in [7, 11) is -0.632. The molecule has 0 aliphatic rings. The maximum Gasteiger partial charge on any atom is 0.306 e. The number of nitrogens with one attached hydrogen (secondary N) is 1. The maximum atomic E-state index is 11.8. The number of rotatable bonds is 7. The fourth-order valence-electron chi connectivity index (χ4n) is 1.38. The molecule has 1 N–H and O–H groups in total. The summed E-state index contributed by atoms with van der Waals surface area (Å²) in [5.41, 5.74) is 0.372. The summed E-state index contributed by atoms with van der Waals surface area (Å²) in [5.74, 6) is -0.175. The van der Waals surface area contributed by atoms with Crippen LogP contribution in [-0.4, -0.2) is 47.6 Å². The summed E-state index contributed by atoms with van der Waals surface area (Å²) in [4.78, 5) is 11.8. The third kappa shape index (κ3) is 5.55. The molecule has 0 unspecified atom stereocenters. The third-order valence-electron chi connectivity index (χ3n) is 2.32. The van der Waals surface area contributed by atoms with Crippen molar-refractivity contribution < 1.29 is 26.9 Å². The molecule has 0 bridgehead atoms. The molecular formula is C12H17NO6S. The van der Waals surface area contributed by atoms with Gasteiger partial charge in [-0.1, -0.05) is 0 Å². The molecule has 20 heavy (non-hydrogen) atoms. The van der Waals surface area contributed by atoms with Crippen molar-refractivity contribution in [2.45, 2.75) is 6.29 Å². The van der Waals surface area contributed by atoms with Gasteiger partial charge in [-0.2, -0.15) is 8.42 Å². The van der Waals surface area contributed by atoms with E-state index in [9.17, 15) is 13.2 Å². The van der Waals surface area contributed by atoms with Crippen LogP contribution < -0.4 is 9.50 Å². The molecule has 1 aromatic carbocycles. The minimum atomic E-state index is -3.57. The van der Waals surface area contributed by atoms with E-state index in [1.54, 1.807) is 0 Å². The van der Waals surface area contributed by atoms with E-state index in [0.717, 1.165) is 6.26 Å². The molecule has 112 valence electrons. The standard InChI is InChI=1S/C12H17NO6S/c1-17-11(18-2)8-13-12(14)9-4-6-10(7-5-9)19-20(3,15)16/h4-7,11H,8H2,1-3H3,(H,13,14). The lowest BCUT2D eigenvalue weighted by molar-refractivity contribution is -0.0974. The number of amides is 1. The van der Waals surface area contributed by atoms with Crippen molar-refractivity contribution in [3.63, 3.8) is 0 Å². The minimum Gasteiger partial charge on any atom is -0.383 e. The lowest BCUT2D eigenvalue weighted by Gasteiger charge is -2.14. The first-order valence-corrected chi connectivity index (χ1v) is 7.50. The van der Waals surface area contributed by atoms with E-state index >= 15 is 0 Å². The van der Waals surface area contributed by atoms with Gasteiger partial charge in [-0.05, 0) is 24.3 Å². The first-order valence-electron chi connectivity index (χ1n) is 5.69. The number of benzene rings is 1. The van der Waals surface area contributed by atoms with Gasteiger partial charge >= 0.3 is 10.1 Å². The van der Waals surface area contributed by atoms with E-state index in [2.05, 4.69) is 9.50 Å². The summed E-state index contributed by atoms with van der Waals surface area (Å²) >= 11 is 0. The number of ether oxygens (including phenoxy) is 2. The highest BCUT2D eigenvalue weighted by atomic mass is 32.2. The fourth-order valence-corrected chi connectivity index (χ4v) is 1.84. The van der Waals surface area contributed by atoms with Crippen LogP contribution in [0.25, 0.3) is 0 Å². The van der Waals surface area contributed by atoms with Crippen LogP contribution in [0.3, 0.4) is 0 Å². The molecule has 1 amide bonds. The molecule has 0 atom stereocenters. The maximum absolute atomic E-state index is 11.8. The fraction of sp³-hybridized carbons (Fsp3) is 0.417. The average molecular weight is 303 g/mol. The summed E-state index contributed by atoms with van der Waals surface area (Å²) < 4.78 is 36.4. The molecule has 0 spiro atoms. The lowest BCUT2D eigenvalue weighted by atomic mass is 10.2. The minimum absolute atomic E-state index is 0.149. The van der Waals surface area contributed by atoms with Crippen LogP contribution in [-0.2, 0) is 19.6 Å². The second-order valence-corrected chi connectivity index (χ2v) is 5.50. The summed E-state index contributed by atoms with van der Waals surface area (Å²) in [5, 5.41) is 2.62. The number of carbonyl (C=O) groups is 1. The van der Waals surface area contributed by atoms with Crippen molar-refractivity contribution >= 4 is 16.0 Å². The number of methoxy groups -OCH3 is 2. The SMILES string of the molecule is COC(CNC(=O)c1ccc(OS(C)(=O)=O)cc1)OC. The first-order chi connectivity index (χ1) is 9.35. The molecule has 0 heterocycles. The number of carbonyl (C=O) groups excluding carboxylic acids is 1. The molecule has 0 aliphatic carbocycles. The van der Waals surface area contributed by atoms with Gasteiger partial charge in [0.25, 0.3) is 5.91 Å². The van der Waals surface area contributed by atoms with Gasteiger partial charge in [0.1, 0.15) is 5.75 Å². The Kier molecular flexibility index (Phi) is 5.93.